The molecule has 0 heterocycles. The Morgan fingerprint density at radius 3 is 2.22 bits per heavy atom. The van der Waals surface area contributed by atoms with Gasteiger partial charge in [-0.25, -0.2) is 4.79 Å². The van der Waals surface area contributed by atoms with E-state index < -0.39 is 11.9 Å². The lowest BCUT2D eigenvalue weighted by atomic mass is 9.96. The molecule has 1 aromatic carbocycles. The molecule has 0 bridgehead atoms. The summed E-state index contributed by atoms with van der Waals surface area (Å²) in [5.41, 5.74) is 0.664. The minimum Gasteiger partial charge on any atom is -0.478 e. The van der Waals surface area contributed by atoms with Crippen LogP contribution >= 0.6 is 0 Å². The third kappa shape index (κ3) is 3.41. The Labute approximate surface area is 105 Å². The minimum absolute atomic E-state index is 0.155. The first kappa shape index (κ1) is 13.9. The molecule has 2 unspecified atom stereocenters. The molecule has 2 atom stereocenters. The Balaban J connectivity index is 2.70. The maximum absolute atomic E-state index is 11.7. The topological polar surface area (TPSA) is 83.5 Å². The molecule has 0 aliphatic heterocycles. The maximum atomic E-state index is 11.7. The average molecular weight is 249 g/mol. The number of hydrogen-bond acceptors (Lipinski definition) is 3. The van der Waals surface area contributed by atoms with E-state index in [1.807, 2.05) is 0 Å². The molecule has 1 rings (SSSR count). The summed E-state index contributed by atoms with van der Waals surface area (Å²) in [6.45, 7) is 3.34. The Hall–Kier alpha value is -2.17. The second kappa shape index (κ2) is 5.95. The van der Waals surface area contributed by atoms with Crippen LogP contribution in [0.5, 0.6) is 0 Å². The molecule has 2 N–H and O–H groups in total. The first-order valence-electron chi connectivity index (χ1n) is 5.55. The van der Waals surface area contributed by atoms with Gasteiger partial charge in [0.1, 0.15) is 6.29 Å². The van der Waals surface area contributed by atoms with Crippen molar-refractivity contribution in [1.29, 1.82) is 0 Å². The highest BCUT2D eigenvalue weighted by Gasteiger charge is 2.19. The van der Waals surface area contributed by atoms with Crippen LogP contribution < -0.4 is 5.32 Å². The standard InChI is InChI=1S/C13H15NO4/c1-8(7-15)9(2)12(16)14-11-5-3-10(4-6-11)13(17)18/h3-9H,1-2H3,(H,14,16)(H,17,18). The number of amides is 1. The van der Waals surface area contributed by atoms with Crippen LogP contribution in [0.1, 0.15) is 24.2 Å². The number of carbonyl (C=O) groups is 3. The highest BCUT2D eigenvalue weighted by atomic mass is 16.4. The summed E-state index contributed by atoms with van der Waals surface area (Å²) in [6.07, 6.45) is 0.734. The van der Waals surface area contributed by atoms with Crippen molar-refractivity contribution in [2.75, 3.05) is 5.32 Å². The number of carboxylic acids is 1. The van der Waals surface area contributed by atoms with Gasteiger partial charge in [-0.2, -0.15) is 0 Å². The number of hydrogen-bond donors (Lipinski definition) is 2. The number of aldehydes is 1. The highest BCUT2D eigenvalue weighted by molar-refractivity contribution is 5.94. The second-order valence-electron chi connectivity index (χ2n) is 4.16. The predicted octanol–water partition coefficient (Wildman–Crippen LogP) is 1.79. The van der Waals surface area contributed by atoms with Gasteiger partial charge in [-0.3, -0.25) is 4.79 Å². The van der Waals surface area contributed by atoms with Gasteiger partial charge >= 0.3 is 5.97 Å². The molecule has 18 heavy (non-hydrogen) atoms. The molecule has 0 radical (unpaired) electrons. The van der Waals surface area contributed by atoms with Crippen molar-refractivity contribution in [2.45, 2.75) is 13.8 Å². The maximum Gasteiger partial charge on any atom is 0.335 e. The Kier molecular flexibility index (Phi) is 4.59. The number of rotatable bonds is 5. The fourth-order valence-electron chi connectivity index (χ4n) is 1.31. The first-order chi connectivity index (χ1) is 8.45. The Morgan fingerprint density at radius 2 is 1.78 bits per heavy atom. The average Bonchev–Trinajstić information content (AvgIpc) is 2.37. The van der Waals surface area contributed by atoms with E-state index in [0.29, 0.717) is 5.69 Å². The van der Waals surface area contributed by atoms with E-state index in [0.717, 1.165) is 6.29 Å². The largest absolute Gasteiger partial charge is 0.478 e. The molecule has 5 heteroatoms. The van der Waals surface area contributed by atoms with E-state index in [1.165, 1.54) is 24.3 Å². The van der Waals surface area contributed by atoms with Crippen LogP contribution in [0.2, 0.25) is 0 Å². The number of carbonyl (C=O) groups excluding carboxylic acids is 2. The zero-order valence-electron chi connectivity index (χ0n) is 10.2. The third-order valence-electron chi connectivity index (χ3n) is 2.82. The molecule has 0 saturated heterocycles. The van der Waals surface area contributed by atoms with Crippen molar-refractivity contribution < 1.29 is 19.5 Å². The van der Waals surface area contributed by atoms with E-state index in [2.05, 4.69) is 5.32 Å². The van der Waals surface area contributed by atoms with E-state index in [1.54, 1.807) is 13.8 Å². The zero-order chi connectivity index (χ0) is 13.7. The first-order valence-corrected chi connectivity index (χ1v) is 5.55. The summed E-state index contributed by atoms with van der Waals surface area (Å²) in [5.74, 6) is -2.07. The molecule has 0 spiro atoms. The van der Waals surface area contributed by atoms with Crippen molar-refractivity contribution in [3.8, 4) is 0 Å². The molecule has 0 aromatic heterocycles. The Morgan fingerprint density at radius 1 is 1.22 bits per heavy atom. The minimum atomic E-state index is -1.02. The van der Waals surface area contributed by atoms with Crippen LogP contribution in [-0.2, 0) is 9.59 Å². The summed E-state index contributed by atoms with van der Waals surface area (Å²) in [7, 11) is 0. The van der Waals surface area contributed by atoms with Gasteiger partial charge in [0.25, 0.3) is 0 Å². The summed E-state index contributed by atoms with van der Waals surface area (Å²) in [5, 5.41) is 11.4. The lowest BCUT2D eigenvalue weighted by Gasteiger charge is -2.14. The number of nitrogens with one attached hydrogen (secondary N) is 1. The van der Waals surface area contributed by atoms with E-state index >= 15 is 0 Å². The smallest absolute Gasteiger partial charge is 0.335 e. The molecule has 0 aliphatic rings. The van der Waals surface area contributed by atoms with Crippen LogP contribution in [0.4, 0.5) is 5.69 Å². The fourth-order valence-corrected chi connectivity index (χ4v) is 1.31. The molecule has 1 aromatic rings. The van der Waals surface area contributed by atoms with Gasteiger partial charge in [0, 0.05) is 17.5 Å². The van der Waals surface area contributed by atoms with Crippen LogP contribution in [0.25, 0.3) is 0 Å². The lowest BCUT2D eigenvalue weighted by Crippen LogP contribution is -2.26. The molecule has 0 saturated carbocycles. The lowest BCUT2D eigenvalue weighted by molar-refractivity contribution is -0.124. The second-order valence-corrected chi connectivity index (χ2v) is 4.16. The van der Waals surface area contributed by atoms with Crippen LogP contribution in [0.3, 0.4) is 0 Å². The van der Waals surface area contributed by atoms with Crippen molar-refractivity contribution in [3.63, 3.8) is 0 Å². The molecule has 0 aliphatic carbocycles. The van der Waals surface area contributed by atoms with Gasteiger partial charge in [0.05, 0.1) is 5.56 Å². The van der Waals surface area contributed by atoms with Crippen LogP contribution in [0, 0.1) is 11.8 Å². The summed E-state index contributed by atoms with van der Waals surface area (Å²) < 4.78 is 0. The monoisotopic (exact) mass is 249 g/mol. The highest BCUT2D eigenvalue weighted by Crippen LogP contribution is 2.14. The summed E-state index contributed by atoms with van der Waals surface area (Å²) in [4.78, 5) is 33.0. The van der Waals surface area contributed by atoms with Gasteiger partial charge in [0.2, 0.25) is 5.91 Å². The van der Waals surface area contributed by atoms with E-state index in [4.69, 9.17) is 5.11 Å². The van der Waals surface area contributed by atoms with Gasteiger partial charge in [0.15, 0.2) is 0 Å². The predicted molar refractivity (Wildman–Crippen MR) is 66.4 cm³/mol. The van der Waals surface area contributed by atoms with Gasteiger partial charge < -0.3 is 15.2 Å². The molecule has 1 amide bonds. The number of anilines is 1. The normalized spacial score (nSPS) is 13.4. The molecular formula is C13H15NO4. The van der Waals surface area contributed by atoms with Crippen molar-refractivity contribution >= 4 is 23.9 Å². The van der Waals surface area contributed by atoms with Gasteiger partial charge in [-0.15, -0.1) is 0 Å². The van der Waals surface area contributed by atoms with E-state index in [9.17, 15) is 14.4 Å². The molecule has 0 fully saturated rings. The number of benzene rings is 1. The summed E-state index contributed by atoms with van der Waals surface area (Å²) in [6, 6.07) is 5.84. The van der Waals surface area contributed by atoms with Crippen LogP contribution in [0.15, 0.2) is 24.3 Å². The zero-order valence-corrected chi connectivity index (χ0v) is 10.2. The van der Waals surface area contributed by atoms with Crippen molar-refractivity contribution in [3.05, 3.63) is 29.8 Å². The third-order valence-corrected chi connectivity index (χ3v) is 2.82. The van der Waals surface area contributed by atoms with Gasteiger partial charge in [-0.05, 0) is 24.3 Å². The van der Waals surface area contributed by atoms with Crippen LogP contribution in [-0.4, -0.2) is 23.3 Å². The van der Waals surface area contributed by atoms with Crippen molar-refractivity contribution in [2.24, 2.45) is 11.8 Å². The fraction of sp³-hybridized carbons (Fsp3) is 0.308. The summed E-state index contributed by atoms with van der Waals surface area (Å²) >= 11 is 0. The Bertz CT molecular complexity index is 453. The number of aromatic carboxylic acids is 1. The van der Waals surface area contributed by atoms with E-state index in [-0.39, 0.29) is 17.4 Å². The number of carboxylic acid groups (broad SMARTS) is 1. The quantitative estimate of drug-likeness (QED) is 0.779. The van der Waals surface area contributed by atoms with Gasteiger partial charge in [-0.1, -0.05) is 13.8 Å². The molecule has 5 nitrogen and oxygen atoms in total. The molecular weight excluding hydrogens is 234 g/mol. The molecule has 96 valence electrons. The SMILES string of the molecule is CC(C=O)C(C)C(=O)Nc1ccc(C(=O)O)cc1. The van der Waals surface area contributed by atoms with Crippen molar-refractivity contribution in [1.82, 2.24) is 0 Å².